The molecule has 16 heavy (non-hydrogen) atoms. The van der Waals surface area contributed by atoms with E-state index in [0.29, 0.717) is 6.42 Å². The summed E-state index contributed by atoms with van der Waals surface area (Å²) < 4.78 is 41.1. The fourth-order valence-electron chi connectivity index (χ4n) is 0.819. The van der Waals surface area contributed by atoms with Crippen LogP contribution in [0.4, 0.5) is 13.2 Å². The van der Waals surface area contributed by atoms with Gasteiger partial charge in [0.05, 0.1) is 7.11 Å². The van der Waals surface area contributed by atoms with Crippen molar-refractivity contribution in [3.05, 3.63) is 17.9 Å². The number of rotatable bonds is 4. The van der Waals surface area contributed by atoms with Crippen LogP contribution in [0.2, 0.25) is 0 Å². The lowest BCUT2D eigenvalue weighted by Crippen LogP contribution is -2.50. The second-order valence-electron chi connectivity index (χ2n) is 3.06. The number of carbonyl (C=O) groups excluding carboxylic acids is 1. The molecule has 1 unspecified atom stereocenters. The van der Waals surface area contributed by atoms with E-state index < -0.39 is 17.7 Å². The van der Waals surface area contributed by atoms with Crippen LogP contribution >= 0.6 is 0 Å². The van der Waals surface area contributed by atoms with E-state index in [1.54, 1.807) is 0 Å². The van der Waals surface area contributed by atoms with Gasteiger partial charge < -0.3 is 9.84 Å². The van der Waals surface area contributed by atoms with E-state index in [1.165, 1.54) is 6.08 Å². The highest BCUT2D eigenvalue weighted by Gasteiger charge is 2.59. The molecule has 0 rings (SSSR count). The van der Waals surface area contributed by atoms with Gasteiger partial charge in [-0.2, -0.15) is 13.2 Å². The van der Waals surface area contributed by atoms with E-state index in [0.717, 1.165) is 13.5 Å². The number of halogens is 3. The summed E-state index contributed by atoms with van der Waals surface area (Å²) in [5.74, 6) is -1.78. The Hall–Kier alpha value is -1.26. The van der Waals surface area contributed by atoms with Crippen molar-refractivity contribution in [3.8, 4) is 0 Å². The molecule has 0 fully saturated rings. The molecule has 0 aromatic carbocycles. The smallest absolute Gasteiger partial charge is 0.432 e. The van der Waals surface area contributed by atoms with Gasteiger partial charge in [0.1, 0.15) is 0 Å². The number of hydrogen-bond acceptors (Lipinski definition) is 3. The van der Waals surface area contributed by atoms with Gasteiger partial charge in [-0.1, -0.05) is 13.3 Å². The van der Waals surface area contributed by atoms with Crippen molar-refractivity contribution in [1.29, 1.82) is 0 Å². The van der Waals surface area contributed by atoms with Crippen molar-refractivity contribution < 1.29 is 27.8 Å². The summed E-state index contributed by atoms with van der Waals surface area (Å²) >= 11 is 0. The van der Waals surface area contributed by atoms with Crippen LogP contribution in [-0.2, 0) is 9.53 Å². The predicted octanol–water partition coefficient (Wildman–Crippen LogP) is 1.96. The Bertz CT molecular complexity index is 303. The van der Waals surface area contributed by atoms with Crippen molar-refractivity contribution in [1.82, 2.24) is 0 Å². The molecule has 0 saturated heterocycles. The maximum atomic E-state index is 12.4. The van der Waals surface area contributed by atoms with Crippen molar-refractivity contribution in [2.45, 2.75) is 31.5 Å². The molecule has 0 radical (unpaired) electrons. The number of unbranched alkanes of at least 4 members (excludes halogenated alkanes) is 1. The minimum absolute atomic E-state index is 0.258. The largest absolute Gasteiger partial charge is 0.466 e. The molecule has 3 nitrogen and oxygen atoms in total. The van der Waals surface area contributed by atoms with Crippen LogP contribution in [0, 0.1) is 0 Å². The minimum Gasteiger partial charge on any atom is -0.466 e. The molecule has 0 aromatic heterocycles. The molecule has 1 N–H and O–H groups in total. The number of hydrogen-bond donors (Lipinski definition) is 1. The lowest BCUT2D eigenvalue weighted by molar-refractivity contribution is -0.244. The van der Waals surface area contributed by atoms with Gasteiger partial charge in [-0.15, -0.1) is 5.73 Å². The van der Waals surface area contributed by atoms with Crippen LogP contribution in [0.15, 0.2) is 17.9 Å². The summed E-state index contributed by atoms with van der Waals surface area (Å²) in [6, 6.07) is 0. The number of aliphatic hydroxyl groups is 1. The van der Waals surface area contributed by atoms with Crippen molar-refractivity contribution >= 4 is 5.97 Å². The SMILES string of the molecule is CCCC=C=CC(O)(C(=O)OC)C(F)(F)F. The van der Waals surface area contributed by atoms with Gasteiger partial charge in [-0.3, -0.25) is 0 Å². The Labute approximate surface area is 91.2 Å². The summed E-state index contributed by atoms with van der Waals surface area (Å²) in [6.07, 6.45) is -2.34. The van der Waals surface area contributed by atoms with E-state index in [1.807, 2.05) is 6.92 Å². The van der Waals surface area contributed by atoms with Crippen LogP contribution in [0.25, 0.3) is 0 Å². The first-order chi connectivity index (χ1) is 7.29. The van der Waals surface area contributed by atoms with Gasteiger partial charge in [-0.05, 0) is 12.5 Å². The fourth-order valence-corrected chi connectivity index (χ4v) is 0.819. The highest BCUT2D eigenvalue weighted by atomic mass is 19.4. The summed E-state index contributed by atoms with van der Waals surface area (Å²) in [4.78, 5) is 10.9. The first-order valence-corrected chi connectivity index (χ1v) is 4.59. The van der Waals surface area contributed by atoms with E-state index in [2.05, 4.69) is 10.5 Å². The lowest BCUT2D eigenvalue weighted by atomic mass is 10.0. The quantitative estimate of drug-likeness (QED) is 0.601. The molecule has 0 heterocycles. The molecular formula is C10H13F3O3. The number of carbonyl (C=O) groups is 1. The molecule has 1 atom stereocenters. The van der Waals surface area contributed by atoms with E-state index >= 15 is 0 Å². The maximum Gasteiger partial charge on any atom is 0.432 e. The predicted molar refractivity (Wildman–Crippen MR) is 50.6 cm³/mol. The third kappa shape index (κ3) is 3.40. The molecule has 0 saturated carbocycles. The van der Waals surface area contributed by atoms with E-state index in [-0.39, 0.29) is 6.08 Å². The Morgan fingerprint density at radius 3 is 2.44 bits per heavy atom. The highest BCUT2D eigenvalue weighted by Crippen LogP contribution is 2.32. The summed E-state index contributed by atoms with van der Waals surface area (Å²) in [5.41, 5.74) is -1.51. The molecule has 0 aromatic rings. The minimum atomic E-state index is -5.13. The zero-order valence-corrected chi connectivity index (χ0v) is 8.97. The highest BCUT2D eigenvalue weighted by molar-refractivity contribution is 5.82. The number of methoxy groups -OCH3 is 1. The monoisotopic (exact) mass is 238 g/mol. The third-order valence-corrected chi connectivity index (χ3v) is 1.77. The fraction of sp³-hybridized carbons (Fsp3) is 0.600. The standard InChI is InChI=1S/C10H13F3O3/c1-3-4-5-6-7-9(15,8(14)16-2)10(11,12)13/h5,7,15H,3-4H2,1-2H3. The van der Waals surface area contributed by atoms with Crippen LogP contribution in [0.1, 0.15) is 19.8 Å². The average Bonchev–Trinajstić information content (AvgIpc) is 2.21. The summed E-state index contributed by atoms with van der Waals surface area (Å²) in [6.45, 7) is 1.83. The maximum absolute atomic E-state index is 12.4. The lowest BCUT2D eigenvalue weighted by Gasteiger charge is -2.23. The van der Waals surface area contributed by atoms with Gasteiger partial charge >= 0.3 is 12.1 Å². The van der Waals surface area contributed by atoms with Crippen molar-refractivity contribution in [3.63, 3.8) is 0 Å². The molecule has 0 bridgehead atoms. The van der Waals surface area contributed by atoms with Crippen LogP contribution < -0.4 is 0 Å². The zero-order valence-electron chi connectivity index (χ0n) is 8.97. The molecule has 0 aliphatic heterocycles. The topological polar surface area (TPSA) is 46.5 Å². The number of esters is 1. The number of ether oxygens (including phenoxy) is 1. The van der Waals surface area contributed by atoms with Crippen molar-refractivity contribution in [2.24, 2.45) is 0 Å². The molecule has 0 amide bonds. The van der Waals surface area contributed by atoms with Crippen molar-refractivity contribution in [2.75, 3.05) is 7.11 Å². The first kappa shape index (κ1) is 14.7. The van der Waals surface area contributed by atoms with Gasteiger partial charge in [-0.25, -0.2) is 4.79 Å². The van der Waals surface area contributed by atoms with Crippen LogP contribution in [0.3, 0.4) is 0 Å². The van der Waals surface area contributed by atoms with Gasteiger partial charge in [0, 0.05) is 6.08 Å². The van der Waals surface area contributed by atoms with E-state index in [4.69, 9.17) is 0 Å². The molecule has 6 heteroatoms. The second-order valence-corrected chi connectivity index (χ2v) is 3.06. The normalized spacial score (nSPS) is 14.6. The zero-order chi connectivity index (χ0) is 12.8. The van der Waals surface area contributed by atoms with Crippen LogP contribution in [-0.4, -0.2) is 30.0 Å². The third-order valence-electron chi connectivity index (χ3n) is 1.77. The second kappa shape index (κ2) is 5.72. The van der Waals surface area contributed by atoms with Crippen LogP contribution in [0.5, 0.6) is 0 Å². The average molecular weight is 238 g/mol. The summed E-state index contributed by atoms with van der Waals surface area (Å²) in [7, 11) is 0.767. The first-order valence-electron chi connectivity index (χ1n) is 4.59. The molecule has 92 valence electrons. The Balaban J connectivity index is 5.12. The Morgan fingerprint density at radius 2 is 2.06 bits per heavy atom. The van der Waals surface area contributed by atoms with Gasteiger partial charge in [0.2, 0.25) is 0 Å². The van der Waals surface area contributed by atoms with Gasteiger partial charge in [0.15, 0.2) is 0 Å². The van der Waals surface area contributed by atoms with Gasteiger partial charge in [0.25, 0.3) is 5.60 Å². The molecule has 0 aliphatic carbocycles. The summed E-state index contributed by atoms with van der Waals surface area (Å²) in [5, 5.41) is 9.18. The molecular weight excluding hydrogens is 225 g/mol. The molecule has 0 aliphatic rings. The molecule has 0 spiro atoms. The Morgan fingerprint density at radius 1 is 1.50 bits per heavy atom. The Kier molecular flexibility index (Phi) is 5.27. The van der Waals surface area contributed by atoms with E-state index in [9.17, 15) is 23.1 Å². The number of alkyl halides is 3.